The molecule has 1 aromatic carbocycles. The molecule has 2 saturated heterocycles. The van der Waals surface area contributed by atoms with E-state index in [0.717, 1.165) is 44.4 Å². The lowest BCUT2D eigenvalue weighted by molar-refractivity contribution is 0.224. The van der Waals surface area contributed by atoms with E-state index >= 15 is 0 Å². The zero-order valence-electron chi connectivity index (χ0n) is 18.8. The summed E-state index contributed by atoms with van der Waals surface area (Å²) in [6, 6.07) is 8.28. The summed E-state index contributed by atoms with van der Waals surface area (Å²) in [5.41, 5.74) is 1.19. The Morgan fingerprint density at radius 1 is 0.967 bits per heavy atom. The van der Waals surface area contributed by atoms with Gasteiger partial charge in [0.25, 0.3) is 0 Å². The number of rotatable bonds is 8. The Kier molecular flexibility index (Phi) is 11.7. The molecule has 30 heavy (non-hydrogen) atoms. The molecule has 2 heterocycles. The van der Waals surface area contributed by atoms with Crippen molar-refractivity contribution in [3.8, 4) is 5.75 Å². The topological polar surface area (TPSA) is 43.3 Å². The molecule has 2 fully saturated rings. The Balaban J connectivity index is 0.00000320. The normalized spacial score (nSPS) is 18.1. The van der Waals surface area contributed by atoms with Gasteiger partial charge in [0.05, 0.1) is 12.8 Å². The van der Waals surface area contributed by atoms with E-state index in [0.29, 0.717) is 0 Å². The van der Waals surface area contributed by atoms with Gasteiger partial charge in [-0.25, -0.2) is 0 Å². The number of unbranched alkanes of at least 4 members (excludes halogenated alkanes) is 2. The summed E-state index contributed by atoms with van der Waals surface area (Å²) >= 11 is 0. The molecule has 0 bridgehead atoms. The van der Waals surface area contributed by atoms with Crippen molar-refractivity contribution >= 4 is 35.6 Å². The number of hydrogen-bond acceptors (Lipinski definition) is 4. The molecular formula is C23H40IN5O. The van der Waals surface area contributed by atoms with Gasteiger partial charge in [-0.1, -0.05) is 25.0 Å². The van der Waals surface area contributed by atoms with Crippen LogP contribution in [0.25, 0.3) is 0 Å². The molecular weight excluding hydrogens is 489 g/mol. The lowest BCUT2D eigenvalue weighted by atomic mass is 10.1. The molecule has 170 valence electrons. The number of aliphatic imine (C=N–C) groups is 1. The fraction of sp³-hybridized carbons (Fsp3) is 0.696. The molecule has 0 aromatic heterocycles. The third-order valence-corrected chi connectivity index (χ3v) is 6.10. The number of para-hydroxylation sites is 2. The third kappa shape index (κ3) is 7.48. The van der Waals surface area contributed by atoms with E-state index in [1.807, 2.05) is 19.2 Å². The minimum Gasteiger partial charge on any atom is -0.495 e. The van der Waals surface area contributed by atoms with Gasteiger partial charge in [-0.2, -0.15) is 0 Å². The van der Waals surface area contributed by atoms with Crippen molar-refractivity contribution in [3.63, 3.8) is 0 Å². The van der Waals surface area contributed by atoms with E-state index in [1.165, 1.54) is 63.8 Å². The first-order valence-electron chi connectivity index (χ1n) is 11.4. The number of nitrogens with zero attached hydrogens (tertiary/aromatic N) is 4. The van der Waals surface area contributed by atoms with Gasteiger partial charge in [0.1, 0.15) is 5.75 Å². The highest BCUT2D eigenvalue weighted by molar-refractivity contribution is 14.0. The average molecular weight is 530 g/mol. The predicted octanol–water partition coefficient (Wildman–Crippen LogP) is 3.67. The first kappa shape index (κ1) is 25.0. The maximum atomic E-state index is 5.52. The van der Waals surface area contributed by atoms with Gasteiger partial charge in [0, 0.05) is 39.8 Å². The van der Waals surface area contributed by atoms with Crippen molar-refractivity contribution in [1.82, 2.24) is 15.1 Å². The molecule has 0 amide bonds. The van der Waals surface area contributed by atoms with Gasteiger partial charge in [0.15, 0.2) is 5.96 Å². The number of methoxy groups -OCH3 is 1. The summed E-state index contributed by atoms with van der Waals surface area (Å²) in [7, 11) is 3.64. The molecule has 0 unspecified atom stereocenters. The fourth-order valence-electron chi connectivity index (χ4n) is 4.40. The summed E-state index contributed by atoms with van der Waals surface area (Å²) < 4.78 is 5.52. The zero-order chi connectivity index (χ0) is 20.3. The van der Waals surface area contributed by atoms with Gasteiger partial charge < -0.3 is 24.8 Å². The van der Waals surface area contributed by atoms with Crippen LogP contribution >= 0.6 is 24.0 Å². The SMILES string of the molecule is CN=C(NCCCCCN1CCCCC1)N1CCN(c2ccccc2OC)CC1.I. The van der Waals surface area contributed by atoms with Crippen LogP contribution in [0.15, 0.2) is 29.3 Å². The number of guanidine groups is 1. The number of nitrogens with one attached hydrogen (secondary N) is 1. The Hall–Kier alpha value is -1.22. The number of piperidine rings is 1. The lowest BCUT2D eigenvalue weighted by Gasteiger charge is -2.38. The van der Waals surface area contributed by atoms with Crippen molar-refractivity contribution in [2.24, 2.45) is 4.99 Å². The Morgan fingerprint density at radius 3 is 2.40 bits per heavy atom. The van der Waals surface area contributed by atoms with Crippen LogP contribution in [0.5, 0.6) is 5.75 Å². The van der Waals surface area contributed by atoms with Crippen LogP contribution in [0.1, 0.15) is 38.5 Å². The maximum absolute atomic E-state index is 5.52. The van der Waals surface area contributed by atoms with Gasteiger partial charge in [-0.15, -0.1) is 24.0 Å². The molecule has 1 aromatic rings. The maximum Gasteiger partial charge on any atom is 0.193 e. The highest BCUT2D eigenvalue weighted by Crippen LogP contribution is 2.28. The summed E-state index contributed by atoms with van der Waals surface area (Å²) in [5, 5.41) is 3.57. The largest absolute Gasteiger partial charge is 0.495 e. The smallest absolute Gasteiger partial charge is 0.193 e. The van der Waals surface area contributed by atoms with Gasteiger partial charge >= 0.3 is 0 Å². The summed E-state index contributed by atoms with van der Waals surface area (Å²) in [5.74, 6) is 1.99. The first-order chi connectivity index (χ1) is 14.3. The van der Waals surface area contributed by atoms with Crippen LogP contribution in [-0.4, -0.2) is 82.3 Å². The molecule has 0 saturated carbocycles. The van der Waals surface area contributed by atoms with Crippen molar-refractivity contribution in [2.45, 2.75) is 38.5 Å². The second-order valence-electron chi connectivity index (χ2n) is 8.08. The average Bonchev–Trinajstić information content (AvgIpc) is 2.79. The summed E-state index contributed by atoms with van der Waals surface area (Å²) in [6.07, 6.45) is 8.03. The van der Waals surface area contributed by atoms with Gasteiger partial charge in [-0.05, 0) is 57.5 Å². The van der Waals surface area contributed by atoms with E-state index in [2.05, 4.69) is 37.1 Å². The van der Waals surface area contributed by atoms with E-state index in [4.69, 9.17) is 4.74 Å². The molecule has 2 aliphatic heterocycles. The van der Waals surface area contributed by atoms with Gasteiger partial charge in [-0.3, -0.25) is 4.99 Å². The van der Waals surface area contributed by atoms with Crippen molar-refractivity contribution in [2.75, 3.05) is 71.4 Å². The molecule has 6 nitrogen and oxygen atoms in total. The Labute approximate surface area is 200 Å². The molecule has 2 aliphatic rings. The van der Waals surface area contributed by atoms with Crippen LogP contribution < -0.4 is 15.0 Å². The van der Waals surface area contributed by atoms with Crippen LogP contribution in [0.4, 0.5) is 5.69 Å². The molecule has 3 rings (SSSR count). The number of likely N-dealkylation sites (tertiary alicyclic amines) is 1. The minimum atomic E-state index is 0. The number of benzene rings is 1. The fourth-order valence-corrected chi connectivity index (χ4v) is 4.40. The van der Waals surface area contributed by atoms with Crippen molar-refractivity contribution in [3.05, 3.63) is 24.3 Å². The van der Waals surface area contributed by atoms with Crippen LogP contribution in [-0.2, 0) is 0 Å². The van der Waals surface area contributed by atoms with Crippen molar-refractivity contribution < 1.29 is 4.74 Å². The lowest BCUT2D eigenvalue weighted by Crippen LogP contribution is -2.52. The van der Waals surface area contributed by atoms with Crippen molar-refractivity contribution in [1.29, 1.82) is 0 Å². The second kappa shape index (κ2) is 14.0. The van der Waals surface area contributed by atoms with E-state index in [-0.39, 0.29) is 24.0 Å². The Bertz CT molecular complexity index is 628. The monoisotopic (exact) mass is 529 g/mol. The third-order valence-electron chi connectivity index (χ3n) is 6.10. The second-order valence-corrected chi connectivity index (χ2v) is 8.08. The van der Waals surface area contributed by atoms with Gasteiger partial charge in [0.2, 0.25) is 0 Å². The highest BCUT2D eigenvalue weighted by Gasteiger charge is 2.21. The van der Waals surface area contributed by atoms with E-state index < -0.39 is 0 Å². The summed E-state index contributed by atoms with van der Waals surface area (Å²) in [4.78, 5) is 11.9. The number of hydrogen-bond donors (Lipinski definition) is 1. The number of piperazine rings is 1. The molecule has 1 N–H and O–H groups in total. The molecule has 0 spiro atoms. The van der Waals surface area contributed by atoms with E-state index in [9.17, 15) is 0 Å². The zero-order valence-corrected chi connectivity index (χ0v) is 21.1. The Morgan fingerprint density at radius 2 is 1.70 bits per heavy atom. The number of halogens is 1. The van der Waals surface area contributed by atoms with E-state index in [1.54, 1.807) is 7.11 Å². The molecule has 0 radical (unpaired) electrons. The quantitative estimate of drug-likeness (QED) is 0.241. The minimum absolute atomic E-state index is 0. The number of ether oxygens (including phenoxy) is 1. The molecule has 0 aliphatic carbocycles. The summed E-state index contributed by atoms with van der Waals surface area (Å²) in [6.45, 7) is 8.84. The highest BCUT2D eigenvalue weighted by atomic mass is 127. The molecule has 7 heteroatoms. The predicted molar refractivity (Wildman–Crippen MR) is 138 cm³/mol. The standard InChI is InChI=1S/C23H39N5O.HI/c1-24-23(25-13-7-3-8-14-26-15-9-4-10-16-26)28-19-17-27(18-20-28)21-11-5-6-12-22(21)29-2;/h5-6,11-12H,3-4,7-10,13-20H2,1-2H3,(H,24,25);1H. The first-order valence-corrected chi connectivity index (χ1v) is 11.4. The van der Waals surface area contributed by atoms with Crippen LogP contribution in [0, 0.1) is 0 Å². The molecule has 0 atom stereocenters. The number of anilines is 1. The van der Waals surface area contributed by atoms with Crippen LogP contribution in [0.3, 0.4) is 0 Å². The van der Waals surface area contributed by atoms with Crippen LogP contribution in [0.2, 0.25) is 0 Å².